The van der Waals surface area contributed by atoms with E-state index in [2.05, 4.69) is 26.0 Å². The average Bonchev–Trinajstić information content (AvgIpc) is 2.83. The SMILES string of the molecule is CCNCc1ccc(Br)c(S(=O)(=O)NC2(C)CCCC2)c1. The molecule has 0 unspecified atom stereocenters. The van der Waals surface area contributed by atoms with E-state index in [9.17, 15) is 8.42 Å². The first-order valence-electron chi connectivity index (χ1n) is 7.39. The Labute approximate surface area is 135 Å². The monoisotopic (exact) mass is 374 g/mol. The van der Waals surface area contributed by atoms with Gasteiger partial charge in [0.25, 0.3) is 0 Å². The van der Waals surface area contributed by atoms with Crippen molar-refractivity contribution >= 4 is 26.0 Å². The molecule has 1 aliphatic carbocycles. The van der Waals surface area contributed by atoms with Gasteiger partial charge >= 0.3 is 0 Å². The molecule has 0 atom stereocenters. The Hall–Kier alpha value is -0.430. The van der Waals surface area contributed by atoms with Crippen LogP contribution >= 0.6 is 15.9 Å². The second kappa shape index (κ2) is 6.77. The largest absolute Gasteiger partial charge is 0.313 e. The zero-order valence-corrected chi connectivity index (χ0v) is 15.0. The maximum absolute atomic E-state index is 12.7. The topological polar surface area (TPSA) is 58.2 Å². The van der Waals surface area contributed by atoms with Crippen LogP contribution in [-0.2, 0) is 16.6 Å². The predicted molar refractivity (Wildman–Crippen MR) is 88.7 cm³/mol. The van der Waals surface area contributed by atoms with Crippen molar-refractivity contribution in [3.63, 3.8) is 0 Å². The van der Waals surface area contributed by atoms with Crippen LogP contribution in [0.5, 0.6) is 0 Å². The van der Waals surface area contributed by atoms with Crippen molar-refractivity contribution in [2.75, 3.05) is 6.54 Å². The molecule has 2 rings (SSSR count). The summed E-state index contributed by atoms with van der Waals surface area (Å²) >= 11 is 3.36. The van der Waals surface area contributed by atoms with E-state index in [-0.39, 0.29) is 5.54 Å². The maximum Gasteiger partial charge on any atom is 0.242 e. The Balaban J connectivity index is 2.26. The van der Waals surface area contributed by atoms with Crippen molar-refractivity contribution in [3.8, 4) is 0 Å². The third-order valence-corrected chi connectivity index (χ3v) is 6.58. The summed E-state index contributed by atoms with van der Waals surface area (Å²) in [5.41, 5.74) is 0.660. The van der Waals surface area contributed by atoms with Crippen LogP contribution in [0.1, 0.15) is 45.1 Å². The number of hydrogen-bond acceptors (Lipinski definition) is 3. The van der Waals surface area contributed by atoms with Crippen molar-refractivity contribution in [2.24, 2.45) is 0 Å². The van der Waals surface area contributed by atoms with Crippen LogP contribution in [0, 0.1) is 0 Å². The molecular formula is C15H23BrN2O2S. The lowest BCUT2D eigenvalue weighted by Crippen LogP contribution is -2.43. The molecule has 1 aliphatic rings. The molecule has 0 saturated heterocycles. The zero-order valence-electron chi connectivity index (χ0n) is 12.6. The van der Waals surface area contributed by atoms with Crippen LogP contribution in [0.4, 0.5) is 0 Å². The van der Waals surface area contributed by atoms with Crippen LogP contribution in [0.2, 0.25) is 0 Å². The van der Waals surface area contributed by atoms with Crippen LogP contribution in [0.25, 0.3) is 0 Å². The minimum atomic E-state index is -3.51. The van der Waals surface area contributed by atoms with E-state index in [0.29, 0.717) is 15.9 Å². The zero-order chi connectivity index (χ0) is 15.5. The van der Waals surface area contributed by atoms with Crippen LogP contribution < -0.4 is 10.0 Å². The Morgan fingerprint density at radius 2 is 1.95 bits per heavy atom. The standard InChI is InChI=1S/C15H23BrN2O2S/c1-3-17-11-12-6-7-13(16)14(10-12)21(19,20)18-15(2)8-4-5-9-15/h6-7,10,17-18H,3-5,8-9,11H2,1-2H3. The molecule has 0 aromatic heterocycles. The second-order valence-corrected chi connectivity index (χ2v) is 8.42. The molecule has 2 N–H and O–H groups in total. The van der Waals surface area contributed by atoms with Crippen LogP contribution in [-0.4, -0.2) is 20.5 Å². The fourth-order valence-corrected chi connectivity index (χ4v) is 5.25. The van der Waals surface area contributed by atoms with Crippen molar-refractivity contribution < 1.29 is 8.42 Å². The first-order valence-corrected chi connectivity index (χ1v) is 9.67. The van der Waals surface area contributed by atoms with E-state index in [1.54, 1.807) is 12.1 Å². The highest BCUT2D eigenvalue weighted by Crippen LogP contribution is 2.32. The number of benzene rings is 1. The lowest BCUT2D eigenvalue weighted by molar-refractivity contribution is 0.427. The van der Waals surface area contributed by atoms with Gasteiger partial charge in [0, 0.05) is 16.6 Å². The quantitative estimate of drug-likeness (QED) is 0.803. The van der Waals surface area contributed by atoms with Gasteiger partial charge in [0.1, 0.15) is 0 Å². The molecule has 0 amide bonds. The molecule has 4 nitrogen and oxygen atoms in total. The second-order valence-electron chi connectivity index (χ2n) is 5.92. The van der Waals surface area contributed by atoms with Gasteiger partial charge in [0.2, 0.25) is 10.0 Å². The van der Waals surface area contributed by atoms with E-state index in [1.165, 1.54) is 0 Å². The molecule has 0 bridgehead atoms. The molecule has 1 saturated carbocycles. The Bertz CT molecular complexity index is 596. The molecule has 118 valence electrons. The number of halogens is 1. The fourth-order valence-electron chi connectivity index (χ4n) is 2.77. The smallest absolute Gasteiger partial charge is 0.242 e. The van der Waals surface area contributed by atoms with Crippen molar-refractivity contribution in [1.29, 1.82) is 0 Å². The van der Waals surface area contributed by atoms with Crippen LogP contribution in [0.15, 0.2) is 27.6 Å². The average molecular weight is 375 g/mol. The van der Waals surface area contributed by atoms with Crippen molar-refractivity contribution in [2.45, 2.75) is 56.5 Å². The summed E-state index contributed by atoms with van der Waals surface area (Å²) in [7, 11) is -3.51. The summed E-state index contributed by atoms with van der Waals surface area (Å²) in [6.07, 6.45) is 3.98. The summed E-state index contributed by atoms with van der Waals surface area (Å²) in [6.45, 7) is 5.55. The molecule has 0 radical (unpaired) electrons. The van der Waals surface area contributed by atoms with Crippen LogP contribution in [0.3, 0.4) is 0 Å². The van der Waals surface area contributed by atoms with Gasteiger partial charge in [-0.15, -0.1) is 0 Å². The molecule has 0 aliphatic heterocycles. The minimum absolute atomic E-state index is 0.310. The van der Waals surface area contributed by atoms with E-state index in [4.69, 9.17) is 0 Å². The van der Waals surface area contributed by atoms with Gasteiger partial charge in [0.05, 0.1) is 4.90 Å². The van der Waals surface area contributed by atoms with Gasteiger partial charge in [0.15, 0.2) is 0 Å². The Kier molecular flexibility index (Phi) is 5.46. The molecule has 0 spiro atoms. The lowest BCUT2D eigenvalue weighted by Gasteiger charge is -2.25. The van der Waals surface area contributed by atoms with Gasteiger partial charge < -0.3 is 5.32 Å². The first-order chi connectivity index (χ1) is 9.86. The molecule has 21 heavy (non-hydrogen) atoms. The summed E-state index contributed by atoms with van der Waals surface area (Å²) < 4.78 is 28.9. The van der Waals surface area contributed by atoms with Crippen molar-refractivity contribution in [3.05, 3.63) is 28.2 Å². The molecular weight excluding hydrogens is 352 g/mol. The van der Waals surface area contributed by atoms with E-state index in [0.717, 1.165) is 37.8 Å². The Morgan fingerprint density at radius 3 is 2.57 bits per heavy atom. The molecule has 6 heteroatoms. The third kappa shape index (κ3) is 4.28. The van der Waals surface area contributed by atoms with E-state index >= 15 is 0 Å². The van der Waals surface area contributed by atoms with Gasteiger partial charge in [-0.1, -0.05) is 25.8 Å². The third-order valence-electron chi connectivity index (χ3n) is 3.95. The number of nitrogens with one attached hydrogen (secondary N) is 2. The highest BCUT2D eigenvalue weighted by Gasteiger charge is 2.34. The fraction of sp³-hybridized carbons (Fsp3) is 0.600. The predicted octanol–water partition coefficient (Wildman–Crippen LogP) is 3.17. The maximum atomic E-state index is 12.7. The van der Waals surface area contributed by atoms with Gasteiger partial charge in [-0.05, 0) is 59.9 Å². The highest BCUT2D eigenvalue weighted by molar-refractivity contribution is 9.10. The molecule has 1 fully saturated rings. The minimum Gasteiger partial charge on any atom is -0.313 e. The first kappa shape index (κ1) is 16.9. The summed E-state index contributed by atoms with van der Waals surface area (Å²) in [5, 5.41) is 3.21. The number of sulfonamides is 1. The molecule has 1 aromatic carbocycles. The summed E-state index contributed by atoms with van der Waals surface area (Å²) in [4.78, 5) is 0.325. The van der Waals surface area contributed by atoms with Gasteiger partial charge in [-0.3, -0.25) is 0 Å². The normalized spacial score (nSPS) is 18.0. The van der Waals surface area contributed by atoms with Gasteiger partial charge in [-0.25, -0.2) is 13.1 Å². The summed E-state index contributed by atoms with van der Waals surface area (Å²) in [6, 6.07) is 5.48. The highest BCUT2D eigenvalue weighted by atomic mass is 79.9. The Morgan fingerprint density at radius 1 is 1.29 bits per heavy atom. The van der Waals surface area contributed by atoms with E-state index < -0.39 is 10.0 Å². The molecule has 0 heterocycles. The van der Waals surface area contributed by atoms with E-state index in [1.807, 2.05) is 19.9 Å². The number of rotatable bonds is 6. The lowest BCUT2D eigenvalue weighted by atomic mass is 10.0. The van der Waals surface area contributed by atoms with Crippen molar-refractivity contribution in [1.82, 2.24) is 10.0 Å². The van der Waals surface area contributed by atoms with Gasteiger partial charge in [-0.2, -0.15) is 0 Å². The summed E-state index contributed by atoms with van der Waals surface area (Å²) in [5.74, 6) is 0. The molecule has 1 aromatic rings. The number of hydrogen-bond donors (Lipinski definition) is 2.